The van der Waals surface area contributed by atoms with Gasteiger partial charge in [-0.2, -0.15) is 4.68 Å². The minimum Gasteiger partial charge on any atom is -0.497 e. The van der Waals surface area contributed by atoms with Gasteiger partial charge in [-0.3, -0.25) is 4.79 Å². The van der Waals surface area contributed by atoms with Gasteiger partial charge < -0.3 is 10.1 Å². The number of fused-ring (bicyclic) bond motifs is 1. The first kappa shape index (κ1) is 19.2. The lowest BCUT2D eigenvalue weighted by molar-refractivity contribution is 0.259. The van der Waals surface area contributed by atoms with Crippen LogP contribution in [-0.4, -0.2) is 22.8 Å². The molecule has 0 spiro atoms. The van der Waals surface area contributed by atoms with E-state index < -0.39 is 6.03 Å². The number of anilines is 1. The highest BCUT2D eigenvalue weighted by Gasteiger charge is 2.15. The number of methoxy groups -OCH3 is 1. The fourth-order valence-corrected chi connectivity index (χ4v) is 3.07. The number of urea groups is 1. The van der Waals surface area contributed by atoms with Crippen molar-refractivity contribution in [2.75, 3.05) is 17.9 Å². The first-order valence-corrected chi connectivity index (χ1v) is 9.36. The normalized spacial score (nSPS) is 10.6. The summed E-state index contributed by atoms with van der Waals surface area (Å²) in [6.07, 6.45) is 0. The van der Waals surface area contributed by atoms with Gasteiger partial charge in [-0.25, -0.2) is 15.2 Å². The van der Waals surface area contributed by atoms with Gasteiger partial charge in [-0.1, -0.05) is 42.0 Å². The minimum absolute atomic E-state index is 0.351. The average molecular weight is 400 g/mol. The lowest BCUT2D eigenvalue weighted by atomic mass is 10.1. The summed E-state index contributed by atoms with van der Waals surface area (Å²) in [6.45, 7) is 1.98. The number of hydrogen-bond acceptors (Lipinski definition) is 4. The molecule has 2 N–H and O–H groups in total. The second-order valence-corrected chi connectivity index (χ2v) is 6.75. The van der Waals surface area contributed by atoms with Gasteiger partial charge in [0.05, 0.1) is 18.0 Å². The summed E-state index contributed by atoms with van der Waals surface area (Å²) in [4.78, 5) is 30.4. The molecule has 0 aliphatic rings. The van der Waals surface area contributed by atoms with Crippen LogP contribution in [0.2, 0.25) is 0 Å². The van der Waals surface area contributed by atoms with Crippen molar-refractivity contribution in [3.8, 4) is 17.1 Å². The first-order valence-electron chi connectivity index (χ1n) is 9.36. The number of ether oxygens (including phenoxy) is 1. The second kappa shape index (κ2) is 8.08. The molecule has 0 saturated carbocycles. The summed E-state index contributed by atoms with van der Waals surface area (Å²) in [5, 5.41) is 3.13. The van der Waals surface area contributed by atoms with Crippen LogP contribution >= 0.6 is 0 Å². The highest BCUT2D eigenvalue weighted by atomic mass is 16.5. The van der Waals surface area contributed by atoms with Crippen LogP contribution in [0.15, 0.2) is 77.6 Å². The molecule has 0 aliphatic heterocycles. The summed E-state index contributed by atoms with van der Waals surface area (Å²) in [5.74, 6) is 1.03. The Hall–Kier alpha value is -4.13. The molecule has 3 aromatic carbocycles. The van der Waals surface area contributed by atoms with Crippen molar-refractivity contribution in [1.82, 2.24) is 9.66 Å². The van der Waals surface area contributed by atoms with E-state index in [-0.39, 0.29) is 5.56 Å². The maximum Gasteiger partial charge on any atom is 0.338 e. The number of hydrogen-bond donors (Lipinski definition) is 2. The monoisotopic (exact) mass is 400 g/mol. The number of benzene rings is 3. The van der Waals surface area contributed by atoms with Crippen molar-refractivity contribution >= 4 is 22.6 Å². The van der Waals surface area contributed by atoms with E-state index in [0.29, 0.717) is 33.7 Å². The lowest BCUT2D eigenvalue weighted by Gasteiger charge is -2.15. The highest BCUT2D eigenvalue weighted by molar-refractivity contribution is 5.95. The molecule has 0 saturated heterocycles. The standard InChI is InChI=1S/C23H20N4O3/c1-15-7-9-16(10-8-15)21-25-20-6-4-3-5-19(20)22(28)27(21)26-23(29)24-17-11-13-18(30-2)14-12-17/h3-14H,1-2H3,(H2,24,26,29). The lowest BCUT2D eigenvalue weighted by Crippen LogP contribution is -2.37. The Kier molecular flexibility index (Phi) is 5.17. The maximum atomic E-state index is 13.1. The Morgan fingerprint density at radius 3 is 2.37 bits per heavy atom. The molecule has 7 nitrogen and oxygen atoms in total. The topological polar surface area (TPSA) is 85.2 Å². The van der Waals surface area contributed by atoms with Crippen LogP contribution < -0.4 is 21.0 Å². The van der Waals surface area contributed by atoms with Crippen LogP contribution in [0.1, 0.15) is 5.56 Å². The molecule has 0 fully saturated rings. The van der Waals surface area contributed by atoms with E-state index in [4.69, 9.17) is 4.74 Å². The molecule has 1 heterocycles. The Bertz CT molecular complexity index is 1260. The van der Waals surface area contributed by atoms with Crippen LogP contribution in [0, 0.1) is 6.92 Å². The number of aryl methyl sites for hydroxylation is 1. The number of amides is 2. The zero-order valence-electron chi connectivity index (χ0n) is 16.5. The Labute approximate surface area is 172 Å². The van der Waals surface area contributed by atoms with Gasteiger partial charge in [0, 0.05) is 11.3 Å². The van der Waals surface area contributed by atoms with Crippen molar-refractivity contribution in [2.45, 2.75) is 6.92 Å². The predicted molar refractivity (Wildman–Crippen MR) is 118 cm³/mol. The third kappa shape index (κ3) is 3.86. The molecule has 2 amide bonds. The SMILES string of the molecule is COc1ccc(NC(=O)Nn2c(-c3ccc(C)cc3)nc3ccccc3c2=O)cc1. The number of nitrogens with zero attached hydrogens (tertiary/aromatic N) is 2. The summed E-state index contributed by atoms with van der Waals surface area (Å²) in [5.41, 5.74) is 5.18. The highest BCUT2D eigenvalue weighted by Crippen LogP contribution is 2.19. The molecule has 1 aromatic heterocycles. The first-order chi connectivity index (χ1) is 14.5. The predicted octanol–water partition coefficient (Wildman–Crippen LogP) is 4.16. The second-order valence-electron chi connectivity index (χ2n) is 6.75. The number of nitrogens with one attached hydrogen (secondary N) is 2. The van der Waals surface area contributed by atoms with Crippen LogP contribution in [0.3, 0.4) is 0 Å². The third-order valence-electron chi connectivity index (χ3n) is 4.65. The van der Waals surface area contributed by atoms with Crippen molar-refractivity contribution in [3.05, 3.63) is 88.7 Å². The van der Waals surface area contributed by atoms with Crippen LogP contribution in [0.4, 0.5) is 10.5 Å². The molecule has 0 aliphatic carbocycles. The summed E-state index contributed by atoms with van der Waals surface area (Å²) < 4.78 is 6.29. The fraction of sp³-hybridized carbons (Fsp3) is 0.0870. The Morgan fingerprint density at radius 1 is 0.967 bits per heavy atom. The van der Waals surface area contributed by atoms with Crippen molar-refractivity contribution in [1.29, 1.82) is 0 Å². The molecule has 0 atom stereocenters. The largest absolute Gasteiger partial charge is 0.497 e. The summed E-state index contributed by atoms with van der Waals surface area (Å²) in [6, 6.07) is 21.0. The molecule has 7 heteroatoms. The van der Waals surface area contributed by atoms with E-state index in [2.05, 4.69) is 15.7 Å². The summed E-state index contributed by atoms with van der Waals surface area (Å²) >= 11 is 0. The molecule has 0 unspecified atom stereocenters. The zero-order valence-corrected chi connectivity index (χ0v) is 16.5. The van der Waals surface area contributed by atoms with Crippen molar-refractivity contribution in [3.63, 3.8) is 0 Å². The van der Waals surface area contributed by atoms with Gasteiger partial charge in [0.25, 0.3) is 5.56 Å². The van der Waals surface area contributed by atoms with Gasteiger partial charge in [0.15, 0.2) is 5.82 Å². The molecular weight excluding hydrogens is 380 g/mol. The number of aromatic nitrogens is 2. The molecule has 4 rings (SSSR count). The number of para-hydroxylation sites is 1. The van der Waals surface area contributed by atoms with Gasteiger partial charge in [-0.15, -0.1) is 0 Å². The van der Waals surface area contributed by atoms with E-state index >= 15 is 0 Å². The molecule has 4 aromatic rings. The van der Waals surface area contributed by atoms with Gasteiger partial charge >= 0.3 is 6.03 Å². The number of rotatable bonds is 4. The van der Waals surface area contributed by atoms with Crippen LogP contribution in [0.5, 0.6) is 5.75 Å². The number of carbonyl (C=O) groups excluding carboxylic acids is 1. The van der Waals surface area contributed by atoms with E-state index in [1.165, 1.54) is 4.68 Å². The maximum absolute atomic E-state index is 13.1. The molecule has 30 heavy (non-hydrogen) atoms. The molecule has 0 radical (unpaired) electrons. The summed E-state index contributed by atoms with van der Waals surface area (Å²) in [7, 11) is 1.57. The van der Waals surface area contributed by atoms with Gasteiger partial charge in [0.2, 0.25) is 0 Å². The van der Waals surface area contributed by atoms with Crippen LogP contribution in [0.25, 0.3) is 22.3 Å². The number of carbonyl (C=O) groups is 1. The molecule has 150 valence electrons. The quantitative estimate of drug-likeness (QED) is 0.539. The van der Waals surface area contributed by atoms with Gasteiger partial charge in [-0.05, 0) is 43.3 Å². The zero-order chi connectivity index (χ0) is 21.1. The van der Waals surface area contributed by atoms with Crippen LogP contribution in [-0.2, 0) is 0 Å². The van der Waals surface area contributed by atoms with Crippen molar-refractivity contribution in [2.24, 2.45) is 0 Å². The molecule has 0 bridgehead atoms. The van der Waals surface area contributed by atoms with E-state index in [1.807, 2.05) is 37.3 Å². The van der Waals surface area contributed by atoms with Crippen molar-refractivity contribution < 1.29 is 9.53 Å². The molecular formula is C23H20N4O3. The van der Waals surface area contributed by atoms with E-state index in [0.717, 1.165) is 5.56 Å². The van der Waals surface area contributed by atoms with Gasteiger partial charge in [0.1, 0.15) is 5.75 Å². The van der Waals surface area contributed by atoms with E-state index in [1.54, 1.807) is 49.6 Å². The smallest absolute Gasteiger partial charge is 0.338 e. The minimum atomic E-state index is -0.562. The average Bonchev–Trinajstić information content (AvgIpc) is 2.77. The Morgan fingerprint density at radius 2 is 1.67 bits per heavy atom. The third-order valence-corrected chi connectivity index (χ3v) is 4.65. The Balaban J connectivity index is 1.73. The van der Waals surface area contributed by atoms with E-state index in [9.17, 15) is 9.59 Å². The fourth-order valence-electron chi connectivity index (χ4n) is 3.07.